The van der Waals surface area contributed by atoms with Gasteiger partial charge in [0.25, 0.3) is 0 Å². The molecule has 1 unspecified atom stereocenters. The van der Waals surface area contributed by atoms with Gasteiger partial charge in [0.05, 0.1) is 11.7 Å². The Kier molecular flexibility index (Phi) is 3.96. The molecule has 0 saturated heterocycles. The second-order valence-electron chi connectivity index (χ2n) is 5.45. The van der Waals surface area contributed by atoms with Gasteiger partial charge in [-0.25, -0.2) is 4.98 Å². The summed E-state index contributed by atoms with van der Waals surface area (Å²) in [6.07, 6.45) is 1.07. The molecule has 0 spiro atoms. The van der Waals surface area contributed by atoms with Gasteiger partial charge in [-0.15, -0.1) is 0 Å². The van der Waals surface area contributed by atoms with E-state index in [1.165, 1.54) is 0 Å². The molecule has 17 heavy (non-hydrogen) atoms. The Morgan fingerprint density at radius 2 is 1.88 bits per heavy atom. The van der Waals surface area contributed by atoms with Gasteiger partial charge in [0.1, 0.15) is 11.6 Å². The Balaban J connectivity index is 3.16. The monoisotopic (exact) mass is 237 g/mol. The molecule has 0 fully saturated rings. The van der Waals surface area contributed by atoms with Gasteiger partial charge in [-0.05, 0) is 20.3 Å². The Bertz CT molecular complexity index is 396. The van der Waals surface area contributed by atoms with Crippen molar-refractivity contribution in [1.29, 1.82) is 0 Å². The van der Waals surface area contributed by atoms with E-state index in [4.69, 9.17) is 10.5 Å². The van der Waals surface area contributed by atoms with Crippen molar-refractivity contribution in [3.05, 3.63) is 11.4 Å². The summed E-state index contributed by atoms with van der Waals surface area (Å²) in [7, 11) is 0. The van der Waals surface area contributed by atoms with Crippen LogP contribution in [0.1, 0.15) is 52.4 Å². The molecular formula is C13H23N3O. The average Bonchev–Trinajstić information content (AvgIpc) is 2.22. The lowest BCUT2D eigenvalue weighted by atomic mass is 9.95. The van der Waals surface area contributed by atoms with Gasteiger partial charge in [-0.1, -0.05) is 27.7 Å². The summed E-state index contributed by atoms with van der Waals surface area (Å²) in [6, 6.07) is 0. The number of anilines is 1. The summed E-state index contributed by atoms with van der Waals surface area (Å²) in [5, 5.41) is 0. The lowest BCUT2D eigenvalue weighted by Gasteiger charge is -2.20. The van der Waals surface area contributed by atoms with Crippen molar-refractivity contribution in [3.8, 4) is 5.88 Å². The number of aromatic nitrogens is 2. The van der Waals surface area contributed by atoms with Crippen LogP contribution in [0, 0.1) is 6.92 Å². The van der Waals surface area contributed by atoms with E-state index in [-0.39, 0.29) is 11.5 Å². The van der Waals surface area contributed by atoms with Gasteiger partial charge in [0.2, 0.25) is 5.88 Å². The maximum atomic E-state index is 5.90. The number of nitrogen functional groups attached to an aromatic ring is 1. The molecule has 0 amide bonds. The van der Waals surface area contributed by atoms with Crippen LogP contribution >= 0.6 is 0 Å². The van der Waals surface area contributed by atoms with Crippen LogP contribution in [-0.4, -0.2) is 16.1 Å². The van der Waals surface area contributed by atoms with E-state index in [9.17, 15) is 0 Å². The Morgan fingerprint density at radius 1 is 1.29 bits per heavy atom. The van der Waals surface area contributed by atoms with Crippen molar-refractivity contribution in [3.63, 3.8) is 0 Å². The highest BCUT2D eigenvalue weighted by atomic mass is 16.5. The predicted octanol–water partition coefficient (Wildman–Crippen LogP) is 2.84. The molecule has 1 aromatic rings. The maximum absolute atomic E-state index is 5.90. The fourth-order valence-corrected chi connectivity index (χ4v) is 1.24. The first-order valence-electron chi connectivity index (χ1n) is 6.07. The number of ether oxygens (including phenoxy) is 1. The van der Waals surface area contributed by atoms with Gasteiger partial charge in [-0.2, -0.15) is 4.98 Å². The summed E-state index contributed by atoms with van der Waals surface area (Å²) >= 11 is 0. The molecule has 0 saturated carbocycles. The van der Waals surface area contributed by atoms with Crippen LogP contribution in [0.5, 0.6) is 5.88 Å². The SMILES string of the molecule is CCC(C)Oc1nc(C(C)(C)C)nc(N)c1C. The Hall–Kier alpha value is -1.32. The van der Waals surface area contributed by atoms with Crippen LogP contribution in [0.4, 0.5) is 5.82 Å². The normalized spacial score (nSPS) is 13.5. The van der Waals surface area contributed by atoms with Crippen molar-refractivity contribution in [2.24, 2.45) is 0 Å². The summed E-state index contributed by atoms with van der Waals surface area (Å²) in [5.74, 6) is 1.83. The molecule has 0 aliphatic heterocycles. The number of nitrogens with zero attached hydrogens (tertiary/aromatic N) is 2. The first-order chi connectivity index (χ1) is 7.75. The van der Waals surface area contributed by atoms with Crippen LogP contribution < -0.4 is 10.5 Å². The third-order valence-corrected chi connectivity index (χ3v) is 2.70. The minimum absolute atomic E-state index is 0.130. The van der Waals surface area contributed by atoms with Crippen LogP contribution in [0.25, 0.3) is 0 Å². The third kappa shape index (κ3) is 3.32. The fourth-order valence-electron chi connectivity index (χ4n) is 1.24. The summed E-state index contributed by atoms with van der Waals surface area (Å²) in [5.41, 5.74) is 6.59. The van der Waals surface area contributed by atoms with Gasteiger partial charge >= 0.3 is 0 Å². The predicted molar refractivity (Wildman–Crippen MR) is 70.3 cm³/mol. The Labute approximate surface area is 104 Å². The van der Waals surface area contributed by atoms with Gasteiger partial charge < -0.3 is 10.5 Å². The lowest BCUT2D eigenvalue weighted by Crippen LogP contribution is -2.20. The number of rotatable bonds is 3. The topological polar surface area (TPSA) is 61.0 Å². The number of hydrogen-bond donors (Lipinski definition) is 1. The molecule has 2 N–H and O–H groups in total. The van der Waals surface area contributed by atoms with E-state index in [0.717, 1.165) is 17.8 Å². The van der Waals surface area contributed by atoms with Crippen molar-refractivity contribution in [2.45, 2.75) is 59.5 Å². The van der Waals surface area contributed by atoms with Gasteiger partial charge in [0, 0.05) is 5.41 Å². The lowest BCUT2D eigenvalue weighted by molar-refractivity contribution is 0.205. The molecule has 1 aromatic heterocycles. The molecule has 1 heterocycles. The van der Waals surface area contributed by atoms with E-state index in [1.54, 1.807) is 0 Å². The van der Waals surface area contributed by atoms with Crippen molar-refractivity contribution in [1.82, 2.24) is 9.97 Å². The van der Waals surface area contributed by atoms with Gasteiger partial charge in [0.15, 0.2) is 0 Å². The molecule has 0 radical (unpaired) electrons. The van der Waals surface area contributed by atoms with Crippen LogP contribution in [-0.2, 0) is 5.41 Å². The Morgan fingerprint density at radius 3 is 2.35 bits per heavy atom. The zero-order valence-corrected chi connectivity index (χ0v) is 11.7. The molecule has 1 atom stereocenters. The molecule has 4 nitrogen and oxygen atoms in total. The van der Waals surface area contributed by atoms with Crippen LogP contribution in [0.2, 0.25) is 0 Å². The first kappa shape index (κ1) is 13.7. The van der Waals surface area contributed by atoms with E-state index in [0.29, 0.717) is 11.7 Å². The van der Waals surface area contributed by atoms with Crippen LogP contribution in [0.15, 0.2) is 0 Å². The quantitative estimate of drug-likeness (QED) is 0.878. The fraction of sp³-hybridized carbons (Fsp3) is 0.692. The third-order valence-electron chi connectivity index (χ3n) is 2.70. The van der Waals surface area contributed by atoms with E-state index < -0.39 is 0 Å². The van der Waals surface area contributed by atoms with Crippen molar-refractivity contribution < 1.29 is 4.74 Å². The molecule has 0 aliphatic carbocycles. The van der Waals surface area contributed by atoms with Crippen LogP contribution in [0.3, 0.4) is 0 Å². The highest BCUT2D eigenvalue weighted by molar-refractivity contribution is 5.45. The number of nitrogens with two attached hydrogens (primary N) is 1. The molecule has 0 aromatic carbocycles. The van der Waals surface area contributed by atoms with Crippen molar-refractivity contribution >= 4 is 5.82 Å². The highest BCUT2D eigenvalue weighted by Crippen LogP contribution is 2.26. The van der Waals surface area contributed by atoms with E-state index in [1.807, 2.05) is 13.8 Å². The minimum Gasteiger partial charge on any atom is -0.474 e. The molecular weight excluding hydrogens is 214 g/mol. The van der Waals surface area contributed by atoms with Crippen molar-refractivity contribution in [2.75, 3.05) is 5.73 Å². The highest BCUT2D eigenvalue weighted by Gasteiger charge is 2.21. The zero-order chi connectivity index (χ0) is 13.2. The first-order valence-corrected chi connectivity index (χ1v) is 6.07. The second-order valence-corrected chi connectivity index (χ2v) is 5.45. The second kappa shape index (κ2) is 4.90. The zero-order valence-electron chi connectivity index (χ0n) is 11.7. The number of hydrogen-bond acceptors (Lipinski definition) is 4. The standard InChI is InChI=1S/C13H23N3O/c1-7-8(2)17-11-9(3)10(14)15-12(16-11)13(4,5)6/h8H,7H2,1-6H3,(H2,14,15,16). The molecule has 96 valence electrons. The molecule has 1 rings (SSSR count). The average molecular weight is 237 g/mol. The summed E-state index contributed by atoms with van der Waals surface area (Å²) in [4.78, 5) is 8.80. The van der Waals surface area contributed by atoms with E-state index >= 15 is 0 Å². The minimum atomic E-state index is -0.130. The smallest absolute Gasteiger partial charge is 0.222 e. The summed E-state index contributed by atoms with van der Waals surface area (Å²) in [6.45, 7) is 12.2. The molecule has 0 bridgehead atoms. The van der Waals surface area contributed by atoms with Gasteiger partial charge in [-0.3, -0.25) is 0 Å². The maximum Gasteiger partial charge on any atom is 0.222 e. The molecule has 4 heteroatoms. The summed E-state index contributed by atoms with van der Waals surface area (Å²) < 4.78 is 5.78. The molecule has 0 aliphatic rings. The largest absolute Gasteiger partial charge is 0.474 e. The van der Waals surface area contributed by atoms with E-state index in [2.05, 4.69) is 37.7 Å².